The van der Waals surface area contributed by atoms with Crippen LogP contribution in [-0.4, -0.2) is 23.9 Å². The van der Waals surface area contributed by atoms with Crippen LogP contribution in [0.15, 0.2) is 0 Å². The van der Waals surface area contributed by atoms with Crippen molar-refractivity contribution in [1.82, 2.24) is 0 Å². The van der Waals surface area contributed by atoms with Crippen LogP contribution < -0.4 is 0 Å². The van der Waals surface area contributed by atoms with E-state index in [1.807, 2.05) is 0 Å². The van der Waals surface area contributed by atoms with E-state index >= 15 is 0 Å². The van der Waals surface area contributed by atoms with Crippen molar-refractivity contribution in [3.8, 4) is 0 Å². The van der Waals surface area contributed by atoms with Crippen LogP contribution in [0.2, 0.25) is 0 Å². The van der Waals surface area contributed by atoms with Gasteiger partial charge in [-0.2, -0.15) is 0 Å². The average molecular weight is 431 g/mol. The summed E-state index contributed by atoms with van der Waals surface area (Å²) >= 11 is 0. The number of hydrogen-bond acceptors (Lipinski definition) is 0. The van der Waals surface area contributed by atoms with E-state index in [1.54, 1.807) is 0 Å². The Labute approximate surface area is 102 Å². The summed E-state index contributed by atoms with van der Waals surface area (Å²) in [5, 5.41) is 0. The van der Waals surface area contributed by atoms with Gasteiger partial charge in [0.1, 0.15) is 0 Å². The largest absolute Gasteiger partial charge is 0 e. The van der Waals surface area contributed by atoms with Gasteiger partial charge in [0.2, 0.25) is 0 Å². The van der Waals surface area contributed by atoms with Crippen LogP contribution in [0, 0.1) is 41.3 Å². The van der Waals surface area contributed by atoms with Crippen LogP contribution in [0.1, 0.15) is 0 Å². The predicted octanol–water partition coefficient (Wildman–Crippen LogP) is -0.386. The molecule has 0 atom stereocenters. The Kier molecular flexibility index (Phi) is 105. The van der Waals surface area contributed by atoms with Crippen molar-refractivity contribution in [1.29, 1.82) is 0 Å². The molecule has 0 aliphatic heterocycles. The fourth-order valence-corrected chi connectivity index (χ4v) is 0. The van der Waals surface area contributed by atoms with Gasteiger partial charge in [-0.05, 0) is 0 Å². The van der Waals surface area contributed by atoms with Gasteiger partial charge in [0.15, 0.2) is 0 Å². The predicted molar refractivity (Wildman–Crippen MR) is 5.75 cm³/mol. The fraction of sp³-hybridized carbons (Fsp3) is 0. The van der Waals surface area contributed by atoms with Crippen molar-refractivity contribution in [2.24, 2.45) is 0 Å². The monoisotopic (exact) mass is 431 g/mol. The van der Waals surface area contributed by atoms with Gasteiger partial charge in [-0.25, -0.2) is 0 Å². The second kappa shape index (κ2) is 16.1. The fourth-order valence-electron chi connectivity index (χ4n) is 0. The SMILES string of the molecule is [Ag].[Cu].[Pr].[Sn]. The third-order valence-corrected chi connectivity index (χ3v) is 0. The Morgan fingerprint density at radius 3 is 1.00 bits per heavy atom. The summed E-state index contributed by atoms with van der Waals surface area (Å²) in [6.45, 7) is 0. The number of rotatable bonds is 0. The second-order valence-corrected chi connectivity index (χ2v) is 0. The van der Waals surface area contributed by atoms with Crippen LogP contribution in [0.5, 0.6) is 0 Å². The normalized spacial score (nSPS) is 0. The Morgan fingerprint density at radius 2 is 1.00 bits per heavy atom. The zero-order valence-corrected chi connectivity index (χ0v) is 10.7. The molecule has 0 nitrogen and oxygen atoms in total. The molecule has 0 aliphatic carbocycles. The molecule has 0 amide bonds. The Balaban J connectivity index is 0. The molecule has 0 rings (SSSR count). The molecule has 0 heterocycles. The van der Waals surface area contributed by atoms with Gasteiger partial charge >= 0.3 is 0 Å². The maximum Gasteiger partial charge on any atom is 0 e. The molecule has 7 radical (unpaired) electrons. The summed E-state index contributed by atoms with van der Waals surface area (Å²) in [6, 6.07) is 0. The van der Waals surface area contributed by atoms with Crippen molar-refractivity contribution >= 4 is 23.9 Å². The molecule has 0 spiro atoms. The van der Waals surface area contributed by atoms with Crippen LogP contribution in [0.4, 0.5) is 0 Å². The minimum absolute atomic E-state index is 0. The topological polar surface area (TPSA) is 0 Å². The molecule has 0 bridgehead atoms. The van der Waals surface area contributed by atoms with Crippen molar-refractivity contribution < 1.29 is 80.7 Å². The minimum atomic E-state index is 0. The van der Waals surface area contributed by atoms with Gasteiger partial charge in [-0.1, -0.05) is 0 Å². The van der Waals surface area contributed by atoms with E-state index in [0.717, 1.165) is 0 Å². The molecule has 0 N–H and O–H groups in total. The molecule has 0 saturated carbocycles. The maximum atomic E-state index is 0. The zero-order valence-electron chi connectivity index (χ0n) is 1.68. The molecule has 4 heavy (non-hydrogen) atoms. The summed E-state index contributed by atoms with van der Waals surface area (Å²) in [7, 11) is 0. The first kappa shape index (κ1) is 26.1. The number of hydrogen-bond donors (Lipinski definition) is 0. The molecule has 0 fully saturated rings. The molecule has 0 aromatic heterocycles. The Hall–Kier alpha value is 3.42. The van der Waals surface area contributed by atoms with Crippen LogP contribution >= 0.6 is 0 Å². The van der Waals surface area contributed by atoms with Gasteiger partial charge in [0, 0.05) is 105 Å². The molecular weight excluding hydrogens is 431 g/mol. The third-order valence-electron chi connectivity index (χ3n) is 0. The summed E-state index contributed by atoms with van der Waals surface area (Å²) < 4.78 is 0. The smallest absolute Gasteiger partial charge is 0 e. The summed E-state index contributed by atoms with van der Waals surface area (Å²) in [6.07, 6.45) is 0. The summed E-state index contributed by atoms with van der Waals surface area (Å²) in [4.78, 5) is 0. The van der Waals surface area contributed by atoms with Crippen molar-refractivity contribution in [2.45, 2.75) is 0 Å². The van der Waals surface area contributed by atoms with E-state index in [4.69, 9.17) is 0 Å². The standard InChI is InChI=1S/Ag.Cu.Pr.Sn. The molecule has 4 heteroatoms. The quantitative estimate of drug-likeness (QED) is 0.459. The molecule has 0 unspecified atom stereocenters. The van der Waals surface area contributed by atoms with E-state index < -0.39 is 0 Å². The van der Waals surface area contributed by atoms with Crippen LogP contribution in [-0.2, 0) is 39.4 Å². The third kappa shape index (κ3) is 9.05. The first-order valence-electron chi connectivity index (χ1n) is 0. The summed E-state index contributed by atoms with van der Waals surface area (Å²) in [5.41, 5.74) is 0. The molecular formula is AgCuPrSn. The van der Waals surface area contributed by atoms with Crippen molar-refractivity contribution in [3.63, 3.8) is 0 Å². The average Bonchev–Trinajstić information content (AvgIpc) is 0. The summed E-state index contributed by atoms with van der Waals surface area (Å²) in [5.74, 6) is 0. The molecule has 0 aromatic rings. The van der Waals surface area contributed by atoms with E-state index in [9.17, 15) is 0 Å². The first-order valence-corrected chi connectivity index (χ1v) is 0. The van der Waals surface area contributed by atoms with Crippen LogP contribution in [0.3, 0.4) is 0 Å². The van der Waals surface area contributed by atoms with E-state index in [1.165, 1.54) is 0 Å². The zero-order chi connectivity index (χ0) is 0. The van der Waals surface area contributed by atoms with Gasteiger partial charge in [0.05, 0.1) is 0 Å². The van der Waals surface area contributed by atoms with E-state index in [0.29, 0.717) is 0 Å². The second-order valence-electron chi connectivity index (χ2n) is 0. The van der Waals surface area contributed by atoms with Gasteiger partial charge in [-0.15, -0.1) is 0 Å². The van der Waals surface area contributed by atoms with Crippen molar-refractivity contribution in [2.75, 3.05) is 0 Å². The van der Waals surface area contributed by atoms with E-state index in [2.05, 4.69) is 0 Å². The Bertz CT molecular complexity index is 8.00. The van der Waals surface area contributed by atoms with Gasteiger partial charge in [0.25, 0.3) is 0 Å². The molecule has 0 aliphatic rings. The van der Waals surface area contributed by atoms with Gasteiger partial charge < -0.3 is 0 Å². The molecule has 0 aromatic carbocycles. The van der Waals surface area contributed by atoms with Crippen molar-refractivity contribution in [3.05, 3.63) is 0 Å². The maximum absolute atomic E-state index is 0. The molecule has 29 valence electrons. The Morgan fingerprint density at radius 1 is 1.00 bits per heavy atom. The van der Waals surface area contributed by atoms with Crippen LogP contribution in [0.25, 0.3) is 0 Å². The molecule has 0 saturated heterocycles. The van der Waals surface area contributed by atoms with E-state index in [-0.39, 0.29) is 105 Å². The minimum Gasteiger partial charge on any atom is 0 e. The first-order chi connectivity index (χ1) is 0. The van der Waals surface area contributed by atoms with Gasteiger partial charge in [-0.3, -0.25) is 0 Å².